The van der Waals surface area contributed by atoms with Crippen molar-refractivity contribution >= 4 is 77.7 Å². The number of hydrogen-bond acceptors (Lipinski definition) is 2. The Morgan fingerprint density at radius 3 is 0.985 bits per heavy atom. The Bertz CT molecular complexity index is 3500. The van der Waals surface area contributed by atoms with E-state index < -0.39 is 0 Å². The predicted octanol–water partition coefficient (Wildman–Crippen LogP) is 17.1. The minimum Gasteiger partial charge on any atom is -0.310 e. The van der Waals surface area contributed by atoms with E-state index in [9.17, 15) is 0 Å². The van der Waals surface area contributed by atoms with Gasteiger partial charge < -0.3 is 18.9 Å². The van der Waals surface area contributed by atoms with E-state index in [1.54, 1.807) is 0 Å². The van der Waals surface area contributed by atoms with Gasteiger partial charge in [-0.15, -0.1) is 0 Å². The Morgan fingerprint density at radius 1 is 0.284 bits per heavy atom. The fraction of sp³-hybridized carbons (Fsp3) is 0.0476. The zero-order valence-corrected chi connectivity index (χ0v) is 37.4. The molecule has 0 amide bonds. The molecule has 0 unspecified atom stereocenters. The highest BCUT2D eigenvalue weighted by Gasteiger charge is 2.36. The van der Waals surface area contributed by atoms with Crippen LogP contribution < -0.4 is 9.80 Å². The third-order valence-electron chi connectivity index (χ3n) is 14.0. The number of fused-ring (bicyclic) bond motifs is 9. The molecule has 4 nitrogen and oxygen atoms in total. The first kappa shape index (κ1) is 38.8. The Kier molecular flexibility index (Phi) is 8.84. The van der Waals surface area contributed by atoms with Crippen molar-refractivity contribution in [2.24, 2.45) is 0 Å². The molecule has 4 heteroatoms. The molecule has 13 rings (SSSR count). The largest absolute Gasteiger partial charge is 0.310 e. The van der Waals surface area contributed by atoms with Crippen molar-refractivity contribution in [3.63, 3.8) is 0 Å². The fourth-order valence-electron chi connectivity index (χ4n) is 10.9. The standard InChI is InChI=1S/C63H46N4/c1-63(2)57-39-47(66-59-29-17-15-27-53(59)55-37-33-49(41-61(55)66)64(43-19-7-3-8-20-43)44-21-9-4-10-22-44)31-35-51(57)52-36-32-48(40-58(52)63)67-60-30-18-16-28-54(60)56-38-34-50(42-62(56)67)65(45-23-11-5-12-24-45)46-25-13-6-14-26-46/h3-42H,1-2H3. The van der Waals surface area contributed by atoms with Gasteiger partial charge in [0.2, 0.25) is 0 Å². The van der Waals surface area contributed by atoms with Crippen molar-refractivity contribution in [2.75, 3.05) is 9.80 Å². The molecule has 2 heterocycles. The molecule has 0 fully saturated rings. The number of hydrogen-bond donors (Lipinski definition) is 0. The topological polar surface area (TPSA) is 16.3 Å². The zero-order chi connectivity index (χ0) is 44.6. The number of nitrogens with zero attached hydrogens (tertiary/aromatic N) is 4. The van der Waals surface area contributed by atoms with Crippen molar-refractivity contribution in [1.82, 2.24) is 9.13 Å². The molecule has 10 aromatic carbocycles. The zero-order valence-electron chi connectivity index (χ0n) is 37.4. The van der Waals surface area contributed by atoms with Gasteiger partial charge >= 0.3 is 0 Å². The van der Waals surface area contributed by atoms with Crippen LogP contribution in [-0.4, -0.2) is 9.13 Å². The molecule has 0 aliphatic heterocycles. The Balaban J connectivity index is 0.946. The molecule has 2 aromatic heterocycles. The average molecular weight is 859 g/mol. The van der Waals surface area contributed by atoms with Gasteiger partial charge in [-0.05, 0) is 131 Å². The summed E-state index contributed by atoms with van der Waals surface area (Å²) in [6, 6.07) is 88.4. The van der Waals surface area contributed by atoms with Gasteiger partial charge in [-0.3, -0.25) is 0 Å². The minimum atomic E-state index is -0.265. The van der Waals surface area contributed by atoms with Gasteiger partial charge in [0.1, 0.15) is 0 Å². The molecule has 0 N–H and O–H groups in total. The van der Waals surface area contributed by atoms with Gasteiger partial charge in [0.15, 0.2) is 0 Å². The summed E-state index contributed by atoms with van der Waals surface area (Å²) in [5.41, 5.74) is 18.7. The van der Waals surface area contributed by atoms with Crippen molar-refractivity contribution in [3.8, 4) is 22.5 Å². The summed E-state index contributed by atoms with van der Waals surface area (Å²) in [6.45, 7) is 4.79. The van der Waals surface area contributed by atoms with Crippen LogP contribution in [0.3, 0.4) is 0 Å². The minimum absolute atomic E-state index is 0.265. The summed E-state index contributed by atoms with van der Waals surface area (Å²) in [4.78, 5) is 4.70. The van der Waals surface area contributed by atoms with Crippen molar-refractivity contribution in [2.45, 2.75) is 19.3 Å². The lowest BCUT2D eigenvalue weighted by Gasteiger charge is -2.26. The van der Waals surface area contributed by atoms with E-state index in [-0.39, 0.29) is 5.41 Å². The number of benzene rings is 10. The SMILES string of the molecule is CC1(C)c2cc(-n3c4ccccc4c4ccc(N(c5ccccc5)c5ccccc5)cc43)ccc2-c2ccc(-n3c4ccccc4c4ccc(N(c5ccccc5)c5ccccc5)cc43)cc21. The second-order valence-corrected chi connectivity index (χ2v) is 18.2. The van der Waals surface area contributed by atoms with Crippen LogP contribution in [-0.2, 0) is 5.41 Å². The fourth-order valence-corrected chi connectivity index (χ4v) is 10.9. The maximum Gasteiger partial charge on any atom is 0.0561 e. The van der Waals surface area contributed by atoms with Crippen LogP contribution in [0.2, 0.25) is 0 Å². The van der Waals surface area contributed by atoms with E-state index in [2.05, 4.69) is 275 Å². The number of aromatic nitrogens is 2. The average Bonchev–Trinajstić information content (AvgIpc) is 3.97. The van der Waals surface area contributed by atoms with Gasteiger partial charge in [-0.25, -0.2) is 0 Å². The van der Waals surface area contributed by atoms with E-state index >= 15 is 0 Å². The summed E-state index contributed by atoms with van der Waals surface area (Å²) in [5.74, 6) is 0. The molecule has 1 aliphatic carbocycles. The summed E-state index contributed by atoms with van der Waals surface area (Å²) in [6.07, 6.45) is 0. The first-order chi connectivity index (χ1) is 33.0. The molecular weight excluding hydrogens is 813 g/mol. The highest BCUT2D eigenvalue weighted by Crippen LogP contribution is 2.51. The van der Waals surface area contributed by atoms with Gasteiger partial charge in [-0.1, -0.05) is 147 Å². The summed E-state index contributed by atoms with van der Waals surface area (Å²) in [5, 5.41) is 4.96. The van der Waals surface area contributed by atoms with Crippen molar-refractivity contribution in [1.29, 1.82) is 0 Å². The van der Waals surface area contributed by atoms with Crippen LogP contribution in [0, 0.1) is 0 Å². The normalized spacial score (nSPS) is 12.7. The van der Waals surface area contributed by atoms with Gasteiger partial charge in [-0.2, -0.15) is 0 Å². The highest BCUT2D eigenvalue weighted by molar-refractivity contribution is 6.12. The molecule has 67 heavy (non-hydrogen) atoms. The molecule has 12 aromatic rings. The second kappa shape index (κ2) is 15.3. The third-order valence-corrected chi connectivity index (χ3v) is 14.0. The predicted molar refractivity (Wildman–Crippen MR) is 282 cm³/mol. The van der Waals surface area contributed by atoms with Gasteiger partial charge in [0.25, 0.3) is 0 Å². The quantitative estimate of drug-likeness (QED) is 0.151. The maximum atomic E-state index is 2.47. The van der Waals surface area contributed by atoms with Crippen LogP contribution in [0.4, 0.5) is 34.1 Å². The van der Waals surface area contributed by atoms with Crippen LogP contribution >= 0.6 is 0 Å². The van der Waals surface area contributed by atoms with Gasteiger partial charge in [0, 0.05) is 72.5 Å². The van der Waals surface area contributed by atoms with E-state index in [0.717, 1.165) is 45.5 Å². The van der Waals surface area contributed by atoms with Crippen molar-refractivity contribution < 1.29 is 0 Å². The third kappa shape index (κ3) is 6.14. The Labute approximate surface area is 390 Å². The molecule has 0 radical (unpaired) electrons. The highest BCUT2D eigenvalue weighted by atomic mass is 15.2. The number of para-hydroxylation sites is 6. The van der Waals surface area contributed by atoms with E-state index in [1.807, 2.05) is 0 Å². The lowest BCUT2D eigenvalue weighted by Crippen LogP contribution is -2.16. The Hall–Kier alpha value is -8.60. The summed E-state index contributed by atoms with van der Waals surface area (Å²) < 4.78 is 4.94. The van der Waals surface area contributed by atoms with E-state index in [4.69, 9.17) is 0 Å². The first-order valence-corrected chi connectivity index (χ1v) is 23.2. The van der Waals surface area contributed by atoms with Crippen LogP contribution in [0.15, 0.2) is 243 Å². The van der Waals surface area contributed by atoms with Crippen molar-refractivity contribution in [3.05, 3.63) is 254 Å². The molecule has 318 valence electrons. The van der Waals surface area contributed by atoms with E-state index in [0.29, 0.717) is 0 Å². The first-order valence-electron chi connectivity index (χ1n) is 23.2. The summed E-state index contributed by atoms with van der Waals surface area (Å²) in [7, 11) is 0. The van der Waals surface area contributed by atoms with Crippen LogP contribution in [0.1, 0.15) is 25.0 Å². The Morgan fingerprint density at radius 2 is 0.612 bits per heavy atom. The lowest BCUT2D eigenvalue weighted by atomic mass is 9.82. The number of rotatable bonds is 8. The number of anilines is 6. The molecular formula is C63H46N4. The second-order valence-electron chi connectivity index (χ2n) is 18.2. The monoisotopic (exact) mass is 858 g/mol. The maximum absolute atomic E-state index is 2.47. The molecule has 1 aliphatic rings. The molecule has 0 bridgehead atoms. The lowest BCUT2D eigenvalue weighted by molar-refractivity contribution is 0.659. The van der Waals surface area contributed by atoms with Crippen LogP contribution in [0.25, 0.3) is 66.1 Å². The smallest absolute Gasteiger partial charge is 0.0561 e. The molecule has 0 saturated carbocycles. The molecule has 0 spiro atoms. The van der Waals surface area contributed by atoms with E-state index in [1.165, 1.54) is 65.9 Å². The van der Waals surface area contributed by atoms with Gasteiger partial charge in [0.05, 0.1) is 22.1 Å². The molecule has 0 atom stereocenters. The molecule has 0 saturated heterocycles. The summed E-state index contributed by atoms with van der Waals surface area (Å²) >= 11 is 0. The van der Waals surface area contributed by atoms with Crippen LogP contribution in [0.5, 0.6) is 0 Å².